The van der Waals surface area contributed by atoms with Crippen molar-refractivity contribution in [3.63, 3.8) is 0 Å². The van der Waals surface area contributed by atoms with E-state index in [4.69, 9.17) is 10.5 Å². The maximum absolute atomic E-state index is 12.5. The van der Waals surface area contributed by atoms with Gasteiger partial charge in [0, 0.05) is 6.54 Å². The van der Waals surface area contributed by atoms with Crippen molar-refractivity contribution in [2.45, 2.75) is 13.1 Å². The van der Waals surface area contributed by atoms with Gasteiger partial charge in [0.1, 0.15) is 12.4 Å². The van der Waals surface area contributed by atoms with E-state index in [0.717, 1.165) is 23.4 Å². The molecule has 3 nitrogen and oxygen atoms in total. The number of hydrogen-bond acceptors (Lipinski definition) is 3. The third-order valence-corrected chi connectivity index (χ3v) is 3.05. The summed E-state index contributed by atoms with van der Waals surface area (Å²) in [5.74, 6) is 0.752. The monoisotopic (exact) mass is 310 g/mol. The molecule has 0 aliphatic carbocycles. The molecule has 0 aromatic heterocycles. The van der Waals surface area contributed by atoms with Gasteiger partial charge in [-0.3, -0.25) is 0 Å². The molecule has 0 aliphatic rings. The smallest absolute Gasteiger partial charge is 0.416 e. The summed E-state index contributed by atoms with van der Waals surface area (Å²) < 4.78 is 43.1. The molecule has 0 heterocycles. The van der Waals surface area contributed by atoms with Crippen molar-refractivity contribution < 1.29 is 17.9 Å². The summed E-state index contributed by atoms with van der Waals surface area (Å²) in [5.41, 5.74) is 6.48. The van der Waals surface area contributed by atoms with Crippen LogP contribution in [0.4, 0.5) is 24.5 Å². The normalized spacial score (nSPS) is 11.3. The average Bonchev–Trinajstić information content (AvgIpc) is 2.44. The molecule has 0 fully saturated rings. The minimum absolute atomic E-state index is 0.0605. The fourth-order valence-corrected chi connectivity index (χ4v) is 1.96. The number of hydrogen-bond donors (Lipinski definition) is 2. The van der Waals surface area contributed by atoms with Gasteiger partial charge in [-0.05, 0) is 42.8 Å². The molecule has 0 spiro atoms. The lowest BCUT2D eigenvalue weighted by molar-refractivity contribution is -0.137. The average molecular weight is 310 g/mol. The maximum atomic E-state index is 12.5. The van der Waals surface area contributed by atoms with Crippen molar-refractivity contribution in [3.05, 3.63) is 53.6 Å². The number of nitrogens with two attached hydrogens (primary N) is 1. The first kappa shape index (κ1) is 16.0. The number of rotatable bonds is 5. The van der Waals surface area contributed by atoms with Gasteiger partial charge < -0.3 is 15.8 Å². The van der Waals surface area contributed by atoms with E-state index in [-0.39, 0.29) is 5.69 Å². The predicted octanol–water partition coefficient (Wildman–Crippen LogP) is 4.09. The molecule has 118 valence electrons. The summed E-state index contributed by atoms with van der Waals surface area (Å²) in [7, 11) is 0. The van der Waals surface area contributed by atoms with Crippen LogP contribution in [0.3, 0.4) is 0 Å². The van der Waals surface area contributed by atoms with Gasteiger partial charge in [0.05, 0.1) is 16.9 Å². The Labute approximate surface area is 126 Å². The van der Waals surface area contributed by atoms with E-state index in [0.29, 0.717) is 18.8 Å². The van der Waals surface area contributed by atoms with E-state index in [1.165, 1.54) is 6.07 Å². The molecule has 22 heavy (non-hydrogen) atoms. The highest BCUT2D eigenvalue weighted by Crippen LogP contribution is 2.32. The minimum atomic E-state index is -4.39. The minimum Gasteiger partial charge on any atom is -0.492 e. The number of benzene rings is 2. The zero-order valence-corrected chi connectivity index (χ0v) is 12.1. The van der Waals surface area contributed by atoms with E-state index in [1.54, 1.807) is 0 Å². The highest BCUT2D eigenvalue weighted by molar-refractivity contribution is 5.67. The third-order valence-electron chi connectivity index (χ3n) is 3.05. The molecule has 0 unspecified atom stereocenters. The summed E-state index contributed by atoms with van der Waals surface area (Å²) in [6.07, 6.45) is -4.39. The van der Waals surface area contributed by atoms with E-state index in [2.05, 4.69) is 5.32 Å². The molecule has 2 aromatic carbocycles. The maximum Gasteiger partial charge on any atom is 0.416 e. The predicted molar refractivity (Wildman–Crippen MR) is 81.0 cm³/mol. The van der Waals surface area contributed by atoms with E-state index in [9.17, 15) is 13.2 Å². The Bertz CT molecular complexity index is 642. The molecule has 0 radical (unpaired) electrons. The van der Waals surface area contributed by atoms with Crippen LogP contribution in [0.15, 0.2) is 42.5 Å². The first-order chi connectivity index (χ1) is 10.4. The number of halogens is 3. The Hall–Kier alpha value is -2.37. The van der Waals surface area contributed by atoms with Gasteiger partial charge >= 0.3 is 6.18 Å². The van der Waals surface area contributed by atoms with Crippen molar-refractivity contribution >= 4 is 11.4 Å². The zero-order chi connectivity index (χ0) is 16.2. The van der Waals surface area contributed by atoms with Crippen LogP contribution in [-0.4, -0.2) is 13.2 Å². The van der Waals surface area contributed by atoms with Crippen molar-refractivity contribution in [1.82, 2.24) is 0 Å². The fourth-order valence-electron chi connectivity index (χ4n) is 1.96. The molecule has 6 heteroatoms. The van der Waals surface area contributed by atoms with Crippen LogP contribution in [0.25, 0.3) is 0 Å². The second-order valence-electron chi connectivity index (χ2n) is 4.89. The van der Waals surface area contributed by atoms with Crippen molar-refractivity contribution in [2.75, 3.05) is 24.2 Å². The molecular formula is C16H17F3N2O. The first-order valence-corrected chi connectivity index (χ1v) is 6.76. The Morgan fingerprint density at radius 1 is 1.14 bits per heavy atom. The van der Waals surface area contributed by atoms with Gasteiger partial charge in [-0.15, -0.1) is 0 Å². The quantitative estimate of drug-likeness (QED) is 0.646. The Morgan fingerprint density at radius 2 is 1.91 bits per heavy atom. The van der Waals surface area contributed by atoms with E-state index >= 15 is 0 Å². The standard InChI is InChI=1S/C16H17F3N2O/c1-11-3-2-4-13(9-11)22-8-7-21-15-6-5-12(10-14(15)20)16(17,18)19/h2-6,9-10,21H,7-8,20H2,1H3. The Kier molecular flexibility index (Phi) is 4.80. The fraction of sp³-hybridized carbons (Fsp3) is 0.250. The molecular weight excluding hydrogens is 293 g/mol. The molecule has 0 amide bonds. The number of ether oxygens (including phenoxy) is 1. The molecule has 0 saturated heterocycles. The molecule has 0 bridgehead atoms. The van der Waals surface area contributed by atoms with Crippen LogP contribution >= 0.6 is 0 Å². The second-order valence-corrected chi connectivity index (χ2v) is 4.89. The van der Waals surface area contributed by atoms with Crippen LogP contribution < -0.4 is 15.8 Å². The molecule has 2 aromatic rings. The summed E-state index contributed by atoms with van der Waals surface area (Å²) in [4.78, 5) is 0. The van der Waals surface area contributed by atoms with Gasteiger partial charge in [0.2, 0.25) is 0 Å². The molecule has 0 saturated carbocycles. The van der Waals surface area contributed by atoms with Gasteiger partial charge in [-0.1, -0.05) is 12.1 Å². The topological polar surface area (TPSA) is 47.3 Å². The van der Waals surface area contributed by atoms with Crippen LogP contribution in [0.1, 0.15) is 11.1 Å². The number of nitrogen functional groups attached to an aromatic ring is 1. The SMILES string of the molecule is Cc1cccc(OCCNc2ccc(C(F)(F)F)cc2N)c1. The van der Waals surface area contributed by atoms with Crippen molar-refractivity contribution in [2.24, 2.45) is 0 Å². The molecule has 0 aliphatic heterocycles. The second kappa shape index (κ2) is 6.60. The Morgan fingerprint density at radius 3 is 2.55 bits per heavy atom. The summed E-state index contributed by atoms with van der Waals surface area (Å²) in [6, 6.07) is 10.9. The first-order valence-electron chi connectivity index (χ1n) is 6.76. The molecule has 0 atom stereocenters. The van der Waals surface area contributed by atoms with Crippen LogP contribution in [0.5, 0.6) is 5.75 Å². The number of anilines is 2. The number of alkyl halides is 3. The largest absolute Gasteiger partial charge is 0.492 e. The van der Waals surface area contributed by atoms with Gasteiger partial charge in [-0.25, -0.2) is 0 Å². The van der Waals surface area contributed by atoms with E-state index in [1.807, 2.05) is 31.2 Å². The highest BCUT2D eigenvalue weighted by atomic mass is 19.4. The lowest BCUT2D eigenvalue weighted by Gasteiger charge is -2.13. The Balaban J connectivity index is 1.87. The summed E-state index contributed by atoms with van der Waals surface area (Å²) in [6.45, 7) is 2.78. The third kappa shape index (κ3) is 4.31. The van der Waals surface area contributed by atoms with Crippen LogP contribution in [0, 0.1) is 6.92 Å². The summed E-state index contributed by atoms with van der Waals surface area (Å²) in [5, 5.41) is 2.96. The lowest BCUT2D eigenvalue weighted by Crippen LogP contribution is -2.13. The zero-order valence-electron chi connectivity index (χ0n) is 12.1. The number of aryl methyl sites for hydroxylation is 1. The number of nitrogens with one attached hydrogen (secondary N) is 1. The van der Waals surface area contributed by atoms with Gasteiger partial charge in [0.15, 0.2) is 0 Å². The summed E-state index contributed by atoms with van der Waals surface area (Å²) >= 11 is 0. The highest BCUT2D eigenvalue weighted by Gasteiger charge is 2.30. The van der Waals surface area contributed by atoms with Gasteiger partial charge in [0.25, 0.3) is 0 Å². The van der Waals surface area contributed by atoms with Gasteiger partial charge in [-0.2, -0.15) is 13.2 Å². The molecule has 3 N–H and O–H groups in total. The van der Waals surface area contributed by atoms with E-state index < -0.39 is 11.7 Å². The molecule has 2 rings (SSSR count). The lowest BCUT2D eigenvalue weighted by atomic mass is 10.1. The van der Waals surface area contributed by atoms with Crippen molar-refractivity contribution in [1.29, 1.82) is 0 Å². The van der Waals surface area contributed by atoms with Crippen LogP contribution in [-0.2, 0) is 6.18 Å². The van der Waals surface area contributed by atoms with Crippen LogP contribution in [0.2, 0.25) is 0 Å². The van der Waals surface area contributed by atoms with Crippen molar-refractivity contribution in [3.8, 4) is 5.75 Å².